The van der Waals surface area contributed by atoms with E-state index in [1.165, 1.54) is 29.6 Å². The lowest BCUT2D eigenvalue weighted by Gasteiger charge is -2.30. The Hall–Kier alpha value is -2.69. The highest BCUT2D eigenvalue weighted by Gasteiger charge is 2.31. The Balaban J connectivity index is 1.62. The van der Waals surface area contributed by atoms with Crippen molar-refractivity contribution in [2.45, 2.75) is 18.6 Å². The fourth-order valence-corrected chi connectivity index (χ4v) is 5.23. The molecule has 11 heteroatoms. The second kappa shape index (κ2) is 9.63. The average Bonchev–Trinajstić information content (AvgIpc) is 2.73. The Kier molecular flexibility index (Phi) is 7.14. The van der Waals surface area contributed by atoms with Crippen molar-refractivity contribution in [3.8, 4) is 5.75 Å². The number of methoxy groups -OCH3 is 1. The molecule has 1 heterocycles. The van der Waals surface area contributed by atoms with Gasteiger partial charge in [0, 0.05) is 36.2 Å². The van der Waals surface area contributed by atoms with Crippen LogP contribution in [0.1, 0.15) is 18.4 Å². The van der Waals surface area contributed by atoms with E-state index in [2.05, 4.69) is 5.32 Å². The van der Waals surface area contributed by atoms with Crippen molar-refractivity contribution in [3.05, 3.63) is 63.2 Å². The molecule has 1 amide bonds. The van der Waals surface area contributed by atoms with Crippen LogP contribution in [0.2, 0.25) is 5.02 Å². The summed E-state index contributed by atoms with van der Waals surface area (Å²) in [5.41, 5.74) is 0.640. The summed E-state index contributed by atoms with van der Waals surface area (Å²) in [6.07, 6.45) is 0.690. The molecule has 2 aromatic carbocycles. The normalized spacial score (nSPS) is 15.4. The van der Waals surface area contributed by atoms with Crippen LogP contribution < -0.4 is 10.1 Å². The first-order chi connectivity index (χ1) is 14.7. The zero-order chi connectivity index (χ0) is 22.6. The third-order valence-electron chi connectivity index (χ3n) is 5.11. The van der Waals surface area contributed by atoms with Gasteiger partial charge in [0.2, 0.25) is 15.9 Å². The first-order valence-electron chi connectivity index (χ1n) is 9.55. The Labute approximate surface area is 185 Å². The van der Waals surface area contributed by atoms with Gasteiger partial charge in [0.25, 0.3) is 5.69 Å². The summed E-state index contributed by atoms with van der Waals surface area (Å²) in [7, 11) is -2.14. The molecular weight excluding hydrogens is 446 g/mol. The number of rotatable bonds is 7. The number of benzene rings is 2. The van der Waals surface area contributed by atoms with E-state index >= 15 is 0 Å². The maximum absolute atomic E-state index is 12.7. The number of nitro groups is 1. The summed E-state index contributed by atoms with van der Waals surface area (Å²) in [6, 6.07) is 10.6. The summed E-state index contributed by atoms with van der Waals surface area (Å²) < 4.78 is 32.0. The van der Waals surface area contributed by atoms with E-state index in [4.69, 9.17) is 16.3 Å². The van der Waals surface area contributed by atoms with Crippen LogP contribution in [0.15, 0.2) is 42.5 Å². The third-order valence-corrected chi connectivity index (χ3v) is 7.19. The first kappa shape index (κ1) is 23.0. The minimum Gasteiger partial charge on any atom is -0.495 e. The zero-order valence-electron chi connectivity index (χ0n) is 16.8. The van der Waals surface area contributed by atoms with Crippen LogP contribution >= 0.6 is 11.6 Å². The number of nitrogens with zero attached hydrogens (tertiary/aromatic N) is 2. The van der Waals surface area contributed by atoms with Gasteiger partial charge in [0.1, 0.15) is 5.75 Å². The van der Waals surface area contributed by atoms with Crippen LogP contribution in [0.25, 0.3) is 0 Å². The summed E-state index contributed by atoms with van der Waals surface area (Å²) in [4.78, 5) is 23.1. The molecule has 1 aliphatic heterocycles. The van der Waals surface area contributed by atoms with Gasteiger partial charge in [-0.1, -0.05) is 23.7 Å². The molecule has 1 saturated heterocycles. The lowest BCUT2D eigenvalue weighted by atomic mass is 9.97. The maximum atomic E-state index is 12.7. The molecule has 0 radical (unpaired) electrons. The van der Waals surface area contributed by atoms with Crippen LogP contribution in [0.4, 0.5) is 11.4 Å². The lowest BCUT2D eigenvalue weighted by molar-refractivity contribution is -0.384. The van der Waals surface area contributed by atoms with Gasteiger partial charge in [-0.25, -0.2) is 12.7 Å². The molecule has 9 nitrogen and oxygen atoms in total. The molecule has 31 heavy (non-hydrogen) atoms. The quantitative estimate of drug-likeness (QED) is 0.492. The standard InChI is InChI=1S/C20H22ClN3O6S/c1-30-19-6-5-17(24(26)27)12-18(19)22-20(25)15-7-9-23(10-8-15)31(28,29)13-14-3-2-4-16(21)11-14/h2-6,11-12,15H,7-10,13H2,1H3,(H,22,25). The molecule has 0 aliphatic carbocycles. The van der Waals surface area contributed by atoms with Crippen molar-refractivity contribution in [1.29, 1.82) is 0 Å². The van der Waals surface area contributed by atoms with Crippen LogP contribution in [0, 0.1) is 16.0 Å². The molecule has 0 unspecified atom stereocenters. The Morgan fingerprint density at radius 1 is 1.26 bits per heavy atom. The number of sulfonamides is 1. The summed E-state index contributed by atoms with van der Waals surface area (Å²) in [5.74, 6) is -0.595. The summed E-state index contributed by atoms with van der Waals surface area (Å²) >= 11 is 5.93. The van der Waals surface area contributed by atoms with Gasteiger partial charge in [-0.3, -0.25) is 14.9 Å². The maximum Gasteiger partial charge on any atom is 0.271 e. The van der Waals surface area contributed by atoms with Crippen molar-refractivity contribution < 1.29 is 22.9 Å². The largest absolute Gasteiger partial charge is 0.495 e. The number of ether oxygens (including phenoxy) is 1. The van der Waals surface area contributed by atoms with Gasteiger partial charge in [0.05, 0.1) is 23.5 Å². The number of carbonyl (C=O) groups excluding carboxylic acids is 1. The second-order valence-corrected chi connectivity index (χ2v) is 9.60. The number of amides is 1. The number of carbonyl (C=O) groups is 1. The molecule has 3 rings (SSSR count). The van der Waals surface area contributed by atoms with Gasteiger partial charge in [-0.15, -0.1) is 0 Å². The van der Waals surface area contributed by atoms with E-state index in [-0.39, 0.29) is 36.1 Å². The monoisotopic (exact) mass is 467 g/mol. The second-order valence-electron chi connectivity index (χ2n) is 7.19. The van der Waals surface area contributed by atoms with Gasteiger partial charge < -0.3 is 10.1 Å². The van der Waals surface area contributed by atoms with E-state index in [1.807, 2.05) is 0 Å². The fourth-order valence-electron chi connectivity index (χ4n) is 3.47. The molecule has 1 fully saturated rings. The number of hydrogen-bond donors (Lipinski definition) is 1. The molecule has 1 N–H and O–H groups in total. The van der Waals surface area contributed by atoms with Crippen molar-refractivity contribution in [2.24, 2.45) is 5.92 Å². The number of non-ortho nitro benzene ring substituents is 1. The number of anilines is 1. The predicted octanol–water partition coefficient (Wildman–Crippen LogP) is 3.44. The van der Waals surface area contributed by atoms with Gasteiger partial charge in [-0.05, 0) is 36.6 Å². The molecule has 166 valence electrons. The van der Waals surface area contributed by atoms with Crippen LogP contribution in [-0.2, 0) is 20.6 Å². The van der Waals surface area contributed by atoms with E-state index < -0.39 is 20.9 Å². The van der Waals surface area contributed by atoms with Gasteiger partial charge in [0.15, 0.2) is 0 Å². The van der Waals surface area contributed by atoms with Crippen molar-refractivity contribution >= 4 is 38.9 Å². The predicted molar refractivity (Wildman–Crippen MR) is 117 cm³/mol. The summed E-state index contributed by atoms with van der Waals surface area (Å²) in [6.45, 7) is 0.431. The molecule has 0 saturated carbocycles. The number of hydrogen-bond acceptors (Lipinski definition) is 6. The highest BCUT2D eigenvalue weighted by molar-refractivity contribution is 7.88. The fraction of sp³-hybridized carbons (Fsp3) is 0.350. The number of nitrogens with one attached hydrogen (secondary N) is 1. The highest BCUT2D eigenvalue weighted by Crippen LogP contribution is 2.30. The molecular formula is C20H22ClN3O6S. The topological polar surface area (TPSA) is 119 Å². The summed E-state index contributed by atoms with van der Waals surface area (Å²) in [5, 5.41) is 14.1. The van der Waals surface area contributed by atoms with Crippen molar-refractivity contribution in [2.75, 3.05) is 25.5 Å². The highest BCUT2D eigenvalue weighted by atomic mass is 35.5. The van der Waals surface area contributed by atoms with Gasteiger partial charge >= 0.3 is 0 Å². The first-order valence-corrected chi connectivity index (χ1v) is 11.5. The van der Waals surface area contributed by atoms with E-state index in [1.54, 1.807) is 24.3 Å². The van der Waals surface area contributed by atoms with Crippen molar-refractivity contribution in [3.63, 3.8) is 0 Å². The minimum atomic E-state index is -3.54. The smallest absolute Gasteiger partial charge is 0.271 e. The van der Waals surface area contributed by atoms with Gasteiger partial charge in [-0.2, -0.15) is 0 Å². The Bertz CT molecular complexity index is 1080. The van der Waals surface area contributed by atoms with E-state index in [0.717, 1.165) is 0 Å². The minimum absolute atomic E-state index is 0.157. The van der Waals surface area contributed by atoms with Crippen LogP contribution in [-0.4, -0.2) is 43.8 Å². The molecule has 1 aliphatic rings. The molecule has 0 aromatic heterocycles. The molecule has 0 atom stereocenters. The number of nitro benzene ring substituents is 1. The zero-order valence-corrected chi connectivity index (χ0v) is 18.4. The van der Waals surface area contributed by atoms with E-state index in [9.17, 15) is 23.3 Å². The molecule has 2 aromatic rings. The Morgan fingerprint density at radius 3 is 2.58 bits per heavy atom. The lowest BCUT2D eigenvalue weighted by Crippen LogP contribution is -2.41. The number of halogens is 1. The van der Waals surface area contributed by atoms with Crippen LogP contribution in [0.3, 0.4) is 0 Å². The SMILES string of the molecule is COc1ccc([N+](=O)[O-])cc1NC(=O)C1CCN(S(=O)(=O)Cc2cccc(Cl)c2)CC1. The van der Waals surface area contributed by atoms with E-state index in [0.29, 0.717) is 29.2 Å². The third kappa shape index (κ3) is 5.72. The molecule has 0 bridgehead atoms. The Morgan fingerprint density at radius 2 is 1.97 bits per heavy atom. The van der Waals surface area contributed by atoms with Crippen LogP contribution in [0.5, 0.6) is 5.75 Å². The average molecular weight is 468 g/mol. The number of piperidine rings is 1. The molecule has 0 spiro atoms. The van der Waals surface area contributed by atoms with Crippen molar-refractivity contribution in [1.82, 2.24) is 4.31 Å².